The number of carbonyl (C=O) groups excluding carboxylic acids is 1. The molecule has 42 heavy (non-hydrogen) atoms. The Hall–Kier alpha value is -4.53. The number of halogens is 1. The average Bonchev–Trinajstić information content (AvgIpc) is 3.54. The summed E-state index contributed by atoms with van der Waals surface area (Å²) in [5, 5.41) is 5.50. The maximum atomic E-state index is 14.1. The van der Waals surface area contributed by atoms with E-state index in [2.05, 4.69) is 0 Å². The summed E-state index contributed by atoms with van der Waals surface area (Å²) in [4.78, 5) is 32.5. The number of para-hydroxylation sites is 1. The summed E-state index contributed by atoms with van der Waals surface area (Å²) >= 11 is 7.45. The van der Waals surface area contributed by atoms with E-state index in [0.29, 0.717) is 31.3 Å². The molecule has 7 nitrogen and oxygen atoms in total. The molecule has 0 spiro atoms. The number of esters is 1. The first-order valence-electron chi connectivity index (χ1n) is 13.5. The minimum absolute atomic E-state index is 0.222. The summed E-state index contributed by atoms with van der Waals surface area (Å²) in [6.45, 7) is 5.76. The summed E-state index contributed by atoms with van der Waals surface area (Å²) in [5.74, 6) is -0.479. The number of benzene rings is 3. The van der Waals surface area contributed by atoms with Crippen LogP contribution in [0.1, 0.15) is 36.6 Å². The minimum atomic E-state index is -0.661. The van der Waals surface area contributed by atoms with E-state index in [1.165, 1.54) is 11.3 Å². The van der Waals surface area contributed by atoms with Crippen LogP contribution in [0.15, 0.2) is 106 Å². The van der Waals surface area contributed by atoms with Crippen LogP contribution in [0.3, 0.4) is 0 Å². The summed E-state index contributed by atoms with van der Waals surface area (Å²) in [6.07, 6.45) is 3.75. The van der Waals surface area contributed by atoms with Crippen molar-refractivity contribution < 1.29 is 9.53 Å². The fourth-order valence-corrected chi connectivity index (χ4v) is 6.20. The van der Waals surface area contributed by atoms with Gasteiger partial charge in [0.05, 0.1) is 34.1 Å². The Labute approximate surface area is 251 Å². The van der Waals surface area contributed by atoms with E-state index in [4.69, 9.17) is 26.4 Å². The molecule has 0 unspecified atom stereocenters. The highest BCUT2D eigenvalue weighted by Gasteiger charge is 2.33. The van der Waals surface area contributed by atoms with E-state index in [-0.39, 0.29) is 12.2 Å². The Morgan fingerprint density at radius 2 is 1.74 bits per heavy atom. The summed E-state index contributed by atoms with van der Waals surface area (Å²) in [7, 11) is 0. The SMILES string of the molecule is CCOC(=O)C1=C(C)N=c2sc(=Cc3cn(-c4ccccc4)nc3-c3ccc(Cl)cc3)c(=O)n2[C@@H]1c1ccc(C)cc1. The first kappa shape index (κ1) is 27.6. The number of ether oxygens (including phenoxy) is 1. The second-order valence-electron chi connectivity index (χ2n) is 9.93. The highest BCUT2D eigenvalue weighted by atomic mass is 35.5. The van der Waals surface area contributed by atoms with Crippen molar-refractivity contribution in [2.75, 3.05) is 6.61 Å². The van der Waals surface area contributed by atoms with Crippen molar-refractivity contribution in [1.29, 1.82) is 0 Å². The van der Waals surface area contributed by atoms with Gasteiger partial charge in [0, 0.05) is 22.3 Å². The van der Waals surface area contributed by atoms with E-state index in [1.807, 2.05) is 98.1 Å². The Kier molecular flexibility index (Phi) is 7.49. The normalized spacial score (nSPS) is 15.0. The van der Waals surface area contributed by atoms with E-state index in [1.54, 1.807) is 23.1 Å². The molecule has 1 aliphatic heterocycles. The van der Waals surface area contributed by atoms with Crippen LogP contribution >= 0.6 is 22.9 Å². The third-order valence-corrected chi connectivity index (χ3v) is 8.31. The molecule has 6 rings (SSSR count). The zero-order valence-corrected chi connectivity index (χ0v) is 24.8. The van der Waals surface area contributed by atoms with E-state index in [0.717, 1.165) is 27.9 Å². The van der Waals surface area contributed by atoms with Gasteiger partial charge in [-0.1, -0.05) is 83.1 Å². The molecule has 1 aliphatic rings. The van der Waals surface area contributed by atoms with Crippen LogP contribution in [-0.4, -0.2) is 26.9 Å². The van der Waals surface area contributed by atoms with Gasteiger partial charge in [-0.05, 0) is 56.7 Å². The maximum absolute atomic E-state index is 14.1. The zero-order chi connectivity index (χ0) is 29.4. The fraction of sp³-hybridized carbons (Fsp3) is 0.152. The Morgan fingerprint density at radius 3 is 2.43 bits per heavy atom. The van der Waals surface area contributed by atoms with E-state index in [9.17, 15) is 9.59 Å². The molecule has 210 valence electrons. The van der Waals surface area contributed by atoms with Crippen LogP contribution in [0.25, 0.3) is 23.0 Å². The number of carbonyl (C=O) groups is 1. The van der Waals surface area contributed by atoms with Gasteiger partial charge >= 0.3 is 5.97 Å². The molecule has 0 amide bonds. The van der Waals surface area contributed by atoms with Crippen molar-refractivity contribution in [3.63, 3.8) is 0 Å². The number of fused-ring (bicyclic) bond motifs is 1. The Balaban J connectivity index is 1.56. The van der Waals surface area contributed by atoms with Crippen LogP contribution < -0.4 is 14.9 Å². The Morgan fingerprint density at radius 1 is 1.02 bits per heavy atom. The van der Waals surface area contributed by atoms with Crippen molar-refractivity contribution >= 4 is 35.0 Å². The molecule has 3 aromatic carbocycles. The minimum Gasteiger partial charge on any atom is -0.463 e. The second-order valence-corrected chi connectivity index (χ2v) is 11.4. The van der Waals surface area contributed by atoms with Crippen LogP contribution in [0.4, 0.5) is 0 Å². The quantitative estimate of drug-likeness (QED) is 0.239. The van der Waals surface area contributed by atoms with Gasteiger partial charge in [0.1, 0.15) is 5.69 Å². The first-order chi connectivity index (χ1) is 20.3. The third-order valence-electron chi connectivity index (χ3n) is 7.08. The van der Waals surface area contributed by atoms with Crippen molar-refractivity contribution in [2.45, 2.75) is 26.8 Å². The third kappa shape index (κ3) is 5.15. The molecule has 3 heterocycles. The molecule has 2 aromatic heterocycles. The van der Waals surface area contributed by atoms with Crippen LogP contribution in [0.5, 0.6) is 0 Å². The van der Waals surface area contributed by atoms with Gasteiger partial charge in [0.2, 0.25) is 0 Å². The Bertz CT molecular complexity index is 2000. The van der Waals surface area contributed by atoms with Crippen LogP contribution in [-0.2, 0) is 9.53 Å². The van der Waals surface area contributed by atoms with Crippen LogP contribution in [0, 0.1) is 6.92 Å². The molecule has 5 aromatic rings. The predicted octanol–water partition coefficient (Wildman–Crippen LogP) is 5.61. The number of aromatic nitrogens is 3. The topological polar surface area (TPSA) is 78.5 Å². The fourth-order valence-electron chi connectivity index (χ4n) is 5.03. The summed E-state index contributed by atoms with van der Waals surface area (Å²) < 4.78 is 9.28. The van der Waals surface area contributed by atoms with Gasteiger partial charge in [0.25, 0.3) is 5.56 Å². The van der Waals surface area contributed by atoms with Crippen molar-refractivity contribution in [1.82, 2.24) is 14.3 Å². The van der Waals surface area contributed by atoms with Crippen molar-refractivity contribution in [3.8, 4) is 16.9 Å². The number of thiazole rings is 1. The zero-order valence-electron chi connectivity index (χ0n) is 23.2. The van der Waals surface area contributed by atoms with Crippen LogP contribution in [0.2, 0.25) is 5.02 Å². The molecule has 0 N–H and O–H groups in total. The van der Waals surface area contributed by atoms with Gasteiger partial charge in [-0.3, -0.25) is 9.36 Å². The lowest BCUT2D eigenvalue weighted by molar-refractivity contribution is -0.139. The standard InChI is InChI=1S/C33H27ClN4O3S/c1-4-41-32(40)28-21(3)35-33-38(30(28)23-12-10-20(2)11-13-23)31(39)27(42-33)18-24-19-37(26-8-6-5-7-9-26)36-29(24)22-14-16-25(34)17-15-22/h5-19,30H,4H2,1-3H3/t30-/m1/s1. The average molecular weight is 595 g/mol. The molecule has 0 radical (unpaired) electrons. The molecule has 0 aliphatic carbocycles. The van der Waals surface area contributed by atoms with Crippen molar-refractivity contribution in [2.24, 2.45) is 4.99 Å². The van der Waals surface area contributed by atoms with Gasteiger partial charge in [-0.15, -0.1) is 0 Å². The van der Waals surface area contributed by atoms with Gasteiger partial charge in [-0.25, -0.2) is 14.5 Å². The van der Waals surface area contributed by atoms with Gasteiger partial charge < -0.3 is 4.74 Å². The lowest BCUT2D eigenvalue weighted by atomic mass is 9.95. The van der Waals surface area contributed by atoms with Gasteiger partial charge in [-0.2, -0.15) is 5.10 Å². The number of hydrogen-bond donors (Lipinski definition) is 0. The highest BCUT2D eigenvalue weighted by Crippen LogP contribution is 2.31. The first-order valence-corrected chi connectivity index (χ1v) is 14.7. The lowest BCUT2D eigenvalue weighted by Crippen LogP contribution is -2.39. The molecule has 9 heteroatoms. The van der Waals surface area contributed by atoms with Crippen molar-refractivity contribution in [3.05, 3.63) is 138 Å². The number of aryl methyl sites for hydroxylation is 1. The highest BCUT2D eigenvalue weighted by molar-refractivity contribution is 7.07. The molecule has 0 saturated heterocycles. The molecule has 0 saturated carbocycles. The van der Waals surface area contributed by atoms with E-state index < -0.39 is 12.0 Å². The largest absolute Gasteiger partial charge is 0.463 e. The number of rotatable bonds is 6. The van der Waals surface area contributed by atoms with Gasteiger partial charge in [0.15, 0.2) is 4.80 Å². The summed E-state index contributed by atoms with van der Waals surface area (Å²) in [5.41, 5.74) is 5.77. The number of allylic oxidation sites excluding steroid dienone is 1. The maximum Gasteiger partial charge on any atom is 0.338 e. The number of hydrogen-bond acceptors (Lipinski definition) is 6. The monoisotopic (exact) mass is 594 g/mol. The number of nitrogens with zero attached hydrogens (tertiary/aromatic N) is 4. The predicted molar refractivity (Wildman–Crippen MR) is 166 cm³/mol. The molecular formula is C33H27ClN4O3S. The molecule has 1 atom stereocenters. The molecule has 0 fully saturated rings. The smallest absolute Gasteiger partial charge is 0.338 e. The molecule has 0 bridgehead atoms. The summed E-state index contributed by atoms with van der Waals surface area (Å²) in [6, 6.07) is 24.4. The second kappa shape index (κ2) is 11.4. The lowest BCUT2D eigenvalue weighted by Gasteiger charge is -2.24. The molecular weight excluding hydrogens is 568 g/mol. The van der Waals surface area contributed by atoms with E-state index >= 15 is 0 Å².